The molecule has 0 spiro atoms. The summed E-state index contributed by atoms with van der Waals surface area (Å²) in [6.07, 6.45) is 11.9. The second-order valence-electron chi connectivity index (χ2n) is 12.8. The molecule has 8 rings (SSSR count). The third kappa shape index (κ3) is 4.46. The van der Waals surface area contributed by atoms with Crippen molar-refractivity contribution in [2.75, 3.05) is 44.2 Å². The molecule has 1 aromatic carbocycles. The molecule has 11 heteroatoms. The first-order valence-corrected chi connectivity index (χ1v) is 15.4. The Morgan fingerprint density at radius 2 is 1.95 bits per heavy atom. The van der Waals surface area contributed by atoms with Crippen LogP contribution in [0.15, 0.2) is 24.4 Å². The van der Waals surface area contributed by atoms with Crippen molar-refractivity contribution in [1.29, 1.82) is 0 Å². The molecular formula is C32H35F3N6O2. The summed E-state index contributed by atoms with van der Waals surface area (Å²) >= 11 is 0. The zero-order valence-electron chi connectivity index (χ0n) is 24.0. The van der Waals surface area contributed by atoms with E-state index in [4.69, 9.17) is 9.72 Å². The van der Waals surface area contributed by atoms with Crippen LogP contribution in [0, 0.1) is 11.7 Å². The van der Waals surface area contributed by atoms with Crippen LogP contribution in [0.25, 0.3) is 28.2 Å². The lowest BCUT2D eigenvalue weighted by molar-refractivity contribution is -0.0281. The van der Waals surface area contributed by atoms with Gasteiger partial charge >= 0.3 is 6.01 Å². The number of nitrogens with one attached hydrogen (secondary N) is 1. The number of aromatic nitrogens is 3. The maximum atomic E-state index is 16.6. The molecular weight excluding hydrogens is 557 g/mol. The predicted molar refractivity (Wildman–Crippen MR) is 157 cm³/mol. The number of piperidine rings is 1. The molecule has 4 fully saturated rings. The van der Waals surface area contributed by atoms with Crippen molar-refractivity contribution in [3.8, 4) is 23.0 Å². The number of alkyl halides is 2. The van der Waals surface area contributed by atoms with Crippen molar-refractivity contribution >= 4 is 22.8 Å². The minimum absolute atomic E-state index is 0.0347. The molecule has 8 nitrogen and oxygen atoms in total. The third-order valence-corrected chi connectivity index (χ3v) is 10.3. The molecule has 1 aliphatic carbocycles. The van der Waals surface area contributed by atoms with Crippen LogP contribution in [0.4, 0.5) is 19.0 Å². The van der Waals surface area contributed by atoms with Crippen LogP contribution in [0.5, 0.6) is 11.8 Å². The van der Waals surface area contributed by atoms with Crippen molar-refractivity contribution in [3.63, 3.8) is 0 Å². The summed E-state index contributed by atoms with van der Waals surface area (Å²) in [6, 6.07) is 3.01. The molecule has 43 heavy (non-hydrogen) atoms. The highest BCUT2D eigenvalue weighted by atomic mass is 19.3. The van der Waals surface area contributed by atoms with E-state index < -0.39 is 17.7 Å². The van der Waals surface area contributed by atoms with Crippen LogP contribution in [0.2, 0.25) is 0 Å². The molecule has 0 bridgehead atoms. The Bertz CT molecular complexity index is 1620. The molecule has 2 aromatic heterocycles. The lowest BCUT2D eigenvalue weighted by atomic mass is 9.90. The lowest BCUT2D eigenvalue weighted by Gasteiger charge is -2.37. The van der Waals surface area contributed by atoms with Gasteiger partial charge in [-0.25, -0.2) is 13.2 Å². The number of hydrogen-bond donors (Lipinski definition) is 2. The summed E-state index contributed by atoms with van der Waals surface area (Å²) in [5, 5.41) is 13.8. The van der Waals surface area contributed by atoms with Gasteiger partial charge in [-0.2, -0.15) is 9.97 Å². The number of benzene rings is 1. The molecule has 5 aliphatic rings. The number of phenols is 1. The Balaban J connectivity index is 1.23. The van der Waals surface area contributed by atoms with E-state index in [9.17, 15) is 13.9 Å². The van der Waals surface area contributed by atoms with Gasteiger partial charge < -0.3 is 20.1 Å². The maximum absolute atomic E-state index is 16.6. The molecule has 2 unspecified atom stereocenters. The standard InChI is InChI=1S/C32H35F3N6O2/c33-26-27(22-14-20(42)13-19-5-1-2-6-21(19)22)36-15-23-28(26)38-30(43-18-31-8-3-10-41(31)11-4-9-31)39-29(23)40-12-7-25-24(16-40)32(34,35)17-37-25/h2,6,13-15,24-25,37,42H,1,3-5,7-12,16-18H2. The fourth-order valence-electron chi connectivity index (χ4n) is 8.13. The van der Waals surface area contributed by atoms with Crippen LogP contribution in [-0.2, 0) is 6.42 Å². The smallest absolute Gasteiger partial charge is 0.319 e. The number of anilines is 1. The zero-order valence-corrected chi connectivity index (χ0v) is 24.0. The third-order valence-electron chi connectivity index (χ3n) is 10.3. The van der Waals surface area contributed by atoms with Crippen molar-refractivity contribution in [2.45, 2.75) is 62.4 Å². The Kier molecular flexibility index (Phi) is 6.34. The number of hydrogen-bond acceptors (Lipinski definition) is 8. The minimum Gasteiger partial charge on any atom is -0.508 e. The monoisotopic (exact) mass is 592 g/mol. The number of fused-ring (bicyclic) bond motifs is 4. The zero-order chi connectivity index (χ0) is 29.3. The van der Waals surface area contributed by atoms with Crippen molar-refractivity contribution in [3.05, 3.63) is 41.3 Å². The number of rotatable bonds is 5. The van der Waals surface area contributed by atoms with Gasteiger partial charge in [0.15, 0.2) is 5.82 Å². The highest BCUT2D eigenvalue weighted by Crippen LogP contribution is 2.42. The van der Waals surface area contributed by atoms with Crippen molar-refractivity contribution in [1.82, 2.24) is 25.2 Å². The number of pyridine rings is 1. The molecule has 0 amide bonds. The highest BCUT2D eigenvalue weighted by molar-refractivity contribution is 5.93. The van der Waals surface area contributed by atoms with Crippen molar-refractivity contribution in [2.24, 2.45) is 5.92 Å². The van der Waals surface area contributed by atoms with E-state index in [1.807, 2.05) is 17.1 Å². The van der Waals surface area contributed by atoms with Gasteiger partial charge in [0, 0.05) is 30.9 Å². The second kappa shape index (κ2) is 10.1. The van der Waals surface area contributed by atoms with E-state index in [-0.39, 0.29) is 47.6 Å². The summed E-state index contributed by atoms with van der Waals surface area (Å²) in [4.78, 5) is 18.1. The fourth-order valence-corrected chi connectivity index (χ4v) is 8.13. The Labute approximate surface area is 248 Å². The molecule has 226 valence electrons. The van der Waals surface area contributed by atoms with Gasteiger partial charge in [0.2, 0.25) is 0 Å². The van der Waals surface area contributed by atoms with Gasteiger partial charge in [-0.1, -0.05) is 12.2 Å². The molecule has 3 aromatic rings. The van der Waals surface area contributed by atoms with E-state index in [1.54, 1.807) is 6.07 Å². The first-order valence-electron chi connectivity index (χ1n) is 15.4. The molecule has 4 aliphatic heterocycles. The average molecular weight is 593 g/mol. The van der Waals surface area contributed by atoms with Crippen LogP contribution in [-0.4, -0.2) is 81.8 Å². The number of halogens is 3. The number of nitrogens with zero attached hydrogens (tertiary/aromatic N) is 5. The molecule has 2 N–H and O–H groups in total. The largest absolute Gasteiger partial charge is 0.508 e. The van der Waals surface area contributed by atoms with Gasteiger partial charge in [0.1, 0.15) is 29.4 Å². The second-order valence-corrected chi connectivity index (χ2v) is 12.8. The van der Waals surface area contributed by atoms with E-state index in [2.05, 4.69) is 20.2 Å². The lowest BCUT2D eigenvalue weighted by Crippen LogP contribution is -2.48. The molecule has 0 saturated carbocycles. The number of aromatic hydroxyl groups is 1. The first kappa shape index (κ1) is 27.1. The van der Waals surface area contributed by atoms with E-state index in [0.29, 0.717) is 36.3 Å². The van der Waals surface area contributed by atoms with E-state index in [1.165, 1.54) is 12.3 Å². The van der Waals surface area contributed by atoms with Gasteiger partial charge in [0.05, 0.1) is 23.4 Å². The number of allylic oxidation sites excluding steroid dienone is 1. The summed E-state index contributed by atoms with van der Waals surface area (Å²) in [7, 11) is 0. The highest BCUT2D eigenvalue weighted by Gasteiger charge is 2.52. The summed E-state index contributed by atoms with van der Waals surface area (Å²) in [6.45, 7) is 2.71. The summed E-state index contributed by atoms with van der Waals surface area (Å²) in [5.74, 6) is -3.95. The first-order chi connectivity index (χ1) is 20.8. The topological polar surface area (TPSA) is 86.6 Å². The SMILES string of the molecule is Oc1cc2c(c(-c3ncc4c(N5CCC6NCC(F)(F)C6C5)nc(OCC56CCCN5CCC6)nc4c3F)c1)C=CCC2. The quantitative estimate of drug-likeness (QED) is 0.431. The van der Waals surface area contributed by atoms with E-state index >= 15 is 4.39 Å². The number of phenolic OH excluding ortho intramolecular Hbond substituents is 1. The maximum Gasteiger partial charge on any atom is 0.319 e. The van der Waals surface area contributed by atoms with Gasteiger partial charge in [-0.05, 0) is 81.3 Å². The Morgan fingerprint density at radius 3 is 2.79 bits per heavy atom. The average Bonchev–Trinajstić information content (AvgIpc) is 3.68. The Morgan fingerprint density at radius 1 is 1.12 bits per heavy atom. The summed E-state index contributed by atoms with van der Waals surface area (Å²) in [5.41, 5.74) is 2.27. The van der Waals surface area contributed by atoms with Gasteiger partial charge in [-0.15, -0.1) is 0 Å². The van der Waals surface area contributed by atoms with Crippen LogP contribution < -0.4 is 15.0 Å². The number of aryl methyl sites for hydroxylation is 1. The fraction of sp³-hybridized carbons (Fsp3) is 0.531. The van der Waals surface area contributed by atoms with Gasteiger partial charge in [-0.3, -0.25) is 9.88 Å². The number of ether oxygens (including phenoxy) is 1. The van der Waals surface area contributed by atoms with Crippen LogP contribution in [0.1, 0.15) is 49.7 Å². The molecule has 4 saturated heterocycles. The predicted octanol–water partition coefficient (Wildman–Crippen LogP) is 4.94. The van der Waals surface area contributed by atoms with E-state index in [0.717, 1.165) is 62.7 Å². The minimum atomic E-state index is -2.84. The Hall–Kier alpha value is -3.44. The molecule has 0 radical (unpaired) electrons. The van der Waals surface area contributed by atoms with Gasteiger partial charge in [0.25, 0.3) is 5.92 Å². The normalized spacial score (nSPS) is 25.6. The van der Waals surface area contributed by atoms with Crippen LogP contribution >= 0.6 is 0 Å². The van der Waals surface area contributed by atoms with Crippen molar-refractivity contribution < 1.29 is 23.0 Å². The summed E-state index contributed by atoms with van der Waals surface area (Å²) < 4.78 is 52.5. The molecule has 6 heterocycles. The molecule has 2 atom stereocenters. The van der Waals surface area contributed by atoms with Crippen LogP contribution in [0.3, 0.4) is 0 Å².